The molecule has 11 aromatic carbocycles. The number of hydrogen-bond donors (Lipinski definition) is 0. The number of benzene rings is 11. The number of rotatable bonds is 12. The summed E-state index contributed by atoms with van der Waals surface area (Å²) in [7, 11) is 0. The highest BCUT2D eigenvalue weighted by Gasteiger charge is 2.19. The van der Waals surface area contributed by atoms with Gasteiger partial charge in [-0.2, -0.15) is 0 Å². The van der Waals surface area contributed by atoms with E-state index in [4.69, 9.17) is 0 Å². The molecular formula is C66H48N2. The van der Waals surface area contributed by atoms with Crippen molar-refractivity contribution in [1.82, 2.24) is 0 Å². The third kappa shape index (κ3) is 8.75. The van der Waals surface area contributed by atoms with Gasteiger partial charge in [-0.05, 0) is 116 Å². The van der Waals surface area contributed by atoms with Crippen LogP contribution in [0.3, 0.4) is 0 Å². The molecule has 0 bridgehead atoms. The monoisotopic (exact) mass is 872 g/mol. The molecule has 11 aromatic rings. The van der Waals surface area contributed by atoms with Gasteiger partial charge in [0.1, 0.15) is 0 Å². The molecule has 0 amide bonds. The lowest BCUT2D eigenvalue weighted by molar-refractivity contribution is 1.28. The van der Waals surface area contributed by atoms with Gasteiger partial charge in [-0.3, -0.25) is 0 Å². The van der Waals surface area contributed by atoms with Crippen molar-refractivity contribution in [2.45, 2.75) is 0 Å². The second kappa shape index (κ2) is 19.2. The first kappa shape index (κ1) is 37.3. The fraction of sp³-hybridized carbons (Fsp3) is 0. The van der Waals surface area contributed by atoms with E-state index in [0.29, 0.717) is 11.3 Å². The Kier molecular flexibility index (Phi) is 10.5. The Morgan fingerprint density at radius 1 is 0.191 bits per heavy atom. The van der Waals surface area contributed by atoms with Gasteiger partial charge in [0.15, 0.2) is 0 Å². The summed E-state index contributed by atoms with van der Waals surface area (Å²) in [5.74, 6) is 0. The summed E-state index contributed by atoms with van der Waals surface area (Å²) >= 11 is 0. The average Bonchev–Trinajstić information content (AvgIpc) is 3.45. The van der Waals surface area contributed by atoms with Crippen molar-refractivity contribution >= 4 is 34.1 Å². The molecule has 11 rings (SSSR count). The highest BCUT2D eigenvalue weighted by molar-refractivity contribution is 5.91. The van der Waals surface area contributed by atoms with Gasteiger partial charge in [0.25, 0.3) is 0 Å². The summed E-state index contributed by atoms with van der Waals surface area (Å²) in [5, 5.41) is 0. The van der Waals surface area contributed by atoms with Gasteiger partial charge in [-0.15, -0.1) is 0 Å². The van der Waals surface area contributed by atoms with Crippen molar-refractivity contribution in [3.63, 3.8) is 0 Å². The van der Waals surface area contributed by atoms with E-state index >= 15 is 0 Å². The second-order valence-corrected chi connectivity index (χ2v) is 16.6. The van der Waals surface area contributed by atoms with Crippen LogP contribution >= 0.6 is 0 Å². The second-order valence-electron chi connectivity index (χ2n) is 16.6. The van der Waals surface area contributed by atoms with Gasteiger partial charge in [0.2, 0.25) is 0 Å². The molecule has 0 fully saturated rings. The lowest BCUT2D eigenvalue weighted by Gasteiger charge is -2.28. The number of nitrogens with zero attached hydrogens (tertiary/aromatic N) is 2. The van der Waals surface area contributed by atoms with E-state index in [9.17, 15) is 5.48 Å². The van der Waals surface area contributed by atoms with E-state index in [2.05, 4.69) is 138 Å². The molecule has 0 aliphatic rings. The maximum atomic E-state index is 9.64. The molecule has 0 atom stereocenters. The van der Waals surface area contributed by atoms with E-state index in [1.54, 1.807) is 0 Å². The van der Waals surface area contributed by atoms with Gasteiger partial charge < -0.3 is 9.80 Å². The maximum Gasteiger partial charge on any atom is 0.0645 e. The molecule has 68 heavy (non-hydrogen) atoms. The number of hydrogen-bond acceptors (Lipinski definition) is 2. The third-order valence-electron chi connectivity index (χ3n) is 12.4. The van der Waals surface area contributed by atoms with Crippen LogP contribution in [0.1, 0.15) is 5.48 Å². The topological polar surface area (TPSA) is 6.48 Å². The molecule has 0 N–H and O–H groups in total. The van der Waals surface area contributed by atoms with E-state index in [1.165, 1.54) is 5.56 Å². The molecule has 0 saturated carbocycles. The maximum absolute atomic E-state index is 9.64. The Balaban J connectivity index is 0.944. The van der Waals surface area contributed by atoms with Crippen molar-refractivity contribution < 1.29 is 5.48 Å². The molecule has 0 spiro atoms. The highest BCUT2D eigenvalue weighted by Crippen LogP contribution is 2.44. The molecule has 0 aromatic heterocycles. The summed E-state index contributed by atoms with van der Waals surface area (Å²) in [4.78, 5) is 4.17. The molecule has 0 radical (unpaired) electrons. The molecule has 322 valence electrons. The largest absolute Gasteiger partial charge is 0.310 e. The molecule has 0 unspecified atom stereocenters. The van der Waals surface area contributed by atoms with Gasteiger partial charge in [-0.1, -0.05) is 230 Å². The van der Waals surface area contributed by atoms with Crippen LogP contribution in [0.15, 0.2) is 291 Å². The summed E-state index contributed by atoms with van der Waals surface area (Å²) in [5.41, 5.74) is 16.1. The zero-order valence-electron chi connectivity index (χ0n) is 41.3. The Morgan fingerprint density at radius 2 is 0.441 bits per heavy atom. The predicted octanol–water partition coefficient (Wildman–Crippen LogP) is 18.6. The molecule has 0 saturated heterocycles. The Hall–Kier alpha value is -8.98. The van der Waals surface area contributed by atoms with E-state index in [1.807, 2.05) is 138 Å². The predicted molar refractivity (Wildman–Crippen MR) is 288 cm³/mol. The van der Waals surface area contributed by atoms with Gasteiger partial charge in [0.05, 0.1) is 16.9 Å². The smallest absolute Gasteiger partial charge is 0.0645 e. The van der Waals surface area contributed by atoms with Crippen LogP contribution in [0.5, 0.6) is 0 Å². The first-order valence-electron chi connectivity index (χ1n) is 24.9. The van der Waals surface area contributed by atoms with Crippen molar-refractivity contribution in [2.24, 2.45) is 0 Å². The van der Waals surface area contributed by atoms with Gasteiger partial charge in [-0.25, -0.2) is 0 Å². The Morgan fingerprint density at radius 3 is 0.794 bits per heavy atom. The van der Waals surface area contributed by atoms with E-state index in [-0.39, 0.29) is 35.4 Å². The van der Waals surface area contributed by atoms with Crippen LogP contribution in [0.25, 0.3) is 66.8 Å². The minimum atomic E-state index is -0.131. The fourth-order valence-corrected chi connectivity index (χ4v) is 8.94. The minimum absolute atomic E-state index is 0.112. The lowest BCUT2D eigenvalue weighted by Crippen LogP contribution is -2.11. The van der Waals surface area contributed by atoms with E-state index in [0.717, 1.165) is 72.8 Å². The van der Waals surface area contributed by atoms with Crippen molar-refractivity contribution in [2.75, 3.05) is 9.80 Å². The molecule has 0 aliphatic heterocycles. The zero-order chi connectivity index (χ0) is 49.0. The van der Waals surface area contributed by atoms with Crippen molar-refractivity contribution in [1.29, 1.82) is 0 Å². The third-order valence-corrected chi connectivity index (χ3v) is 12.4. The Bertz CT molecular complexity index is 3600. The number of para-hydroxylation sites is 2. The first-order valence-corrected chi connectivity index (χ1v) is 22.9. The zero-order valence-corrected chi connectivity index (χ0v) is 37.3. The lowest BCUT2D eigenvalue weighted by atomic mass is 9.98. The van der Waals surface area contributed by atoms with Crippen LogP contribution in [0.2, 0.25) is 0 Å². The van der Waals surface area contributed by atoms with Gasteiger partial charge >= 0.3 is 0 Å². The van der Waals surface area contributed by atoms with E-state index < -0.39 is 0 Å². The standard InChI is InChI=1S/C66H48N2/c1-5-17-49(18-6-1)53-33-41-59(42-34-53)67(65-27-15-13-25-63(65)57-21-9-3-10-22-57)61-45-37-55(38-46-61)51-29-31-52(32-30-51)56-39-47-62(48-40-56)68(60-43-35-54(36-44-60)50-19-7-2-8-20-50)66-28-16-14-26-64(66)58-23-11-4-12-24-58/h1-48H/i37D,38D,45D,46D. The van der Waals surface area contributed by atoms with Crippen LogP contribution in [-0.2, 0) is 0 Å². The molecule has 0 heterocycles. The van der Waals surface area contributed by atoms with Crippen LogP contribution < -0.4 is 9.80 Å². The summed E-state index contributed by atoms with van der Waals surface area (Å²) < 4.78 is 38.3. The minimum Gasteiger partial charge on any atom is -0.310 e. The summed E-state index contributed by atoms with van der Waals surface area (Å²) in [6, 6.07) is 90.1. The van der Waals surface area contributed by atoms with Crippen LogP contribution in [0.4, 0.5) is 34.1 Å². The summed E-state index contributed by atoms with van der Waals surface area (Å²) in [6.45, 7) is 0. The fourth-order valence-electron chi connectivity index (χ4n) is 8.94. The normalized spacial score (nSPS) is 11.8. The van der Waals surface area contributed by atoms with Gasteiger partial charge in [0, 0.05) is 33.9 Å². The molecular weight excluding hydrogens is 821 g/mol. The Labute approximate surface area is 405 Å². The highest BCUT2D eigenvalue weighted by atomic mass is 15.1. The van der Waals surface area contributed by atoms with Crippen molar-refractivity contribution in [3.8, 4) is 66.8 Å². The molecule has 2 nitrogen and oxygen atoms in total. The quantitative estimate of drug-likeness (QED) is 0.121. The molecule has 2 heteroatoms. The SMILES string of the molecule is [2H]c1c([2H])c(N(c2ccc(-c3ccccc3)cc2)c2ccccc2-c2ccccc2)c([2H])c([2H])c1-c1ccc(-c2ccc(N(c3ccc(-c4ccccc4)cc3)c3ccccc3-c3ccccc3)cc2)cc1. The van der Waals surface area contributed by atoms with Crippen LogP contribution in [0, 0.1) is 0 Å². The average molecular weight is 873 g/mol. The first-order chi connectivity index (χ1) is 35.4. The number of anilines is 6. The molecule has 0 aliphatic carbocycles. The van der Waals surface area contributed by atoms with Crippen molar-refractivity contribution in [3.05, 3.63) is 291 Å². The summed E-state index contributed by atoms with van der Waals surface area (Å²) in [6.07, 6.45) is 0. The van der Waals surface area contributed by atoms with Crippen LogP contribution in [-0.4, -0.2) is 0 Å².